The molecule has 4 rings (SSSR count). The van der Waals surface area contributed by atoms with Gasteiger partial charge in [0.2, 0.25) is 11.8 Å². The predicted octanol–water partition coefficient (Wildman–Crippen LogP) is 3.39. The summed E-state index contributed by atoms with van der Waals surface area (Å²) in [6.45, 7) is 4.34. The van der Waals surface area contributed by atoms with Gasteiger partial charge in [-0.2, -0.15) is 0 Å². The smallest absolute Gasteiger partial charge is 0.247 e. The van der Waals surface area contributed by atoms with Gasteiger partial charge in [-0.15, -0.1) is 10.2 Å². The van der Waals surface area contributed by atoms with Crippen molar-refractivity contribution in [1.29, 1.82) is 0 Å². The average Bonchev–Trinajstić information content (AvgIpc) is 3.06. The molecule has 1 aliphatic carbocycles. The molecule has 110 valence electrons. The molecule has 21 heavy (non-hydrogen) atoms. The van der Waals surface area contributed by atoms with Crippen molar-refractivity contribution in [2.45, 2.75) is 44.6 Å². The molecule has 0 spiro atoms. The van der Waals surface area contributed by atoms with Crippen LogP contribution in [0, 0.1) is 6.92 Å². The Morgan fingerprint density at radius 3 is 2.62 bits per heavy atom. The number of benzene rings is 1. The molecular weight excluding hydrogens is 262 g/mol. The van der Waals surface area contributed by atoms with Crippen LogP contribution < -0.4 is 0 Å². The second-order valence-electron chi connectivity index (χ2n) is 6.38. The van der Waals surface area contributed by atoms with Crippen molar-refractivity contribution in [2.75, 3.05) is 13.1 Å². The molecule has 4 nitrogen and oxygen atoms in total. The van der Waals surface area contributed by atoms with Crippen LogP contribution >= 0.6 is 0 Å². The second kappa shape index (κ2) is 5.26. The Hall–Kier alpha value is -1.68. The average molecular weight is 283 g/mol. The van der Waals surface area contributed by atoms with Crippen LogP contribution in [0.2, 0.25) is 0 Å². The molecule has 4 heteroatoms. The zero-order valence-electron chi connectivity index (χ0n) is 12.5. The largest absolute Gasteiger partial charge is 0.420 e. The van der Waals surface area contributed by atoms with E-state index in [4.69, 9.17) is 4.42 Å². The third-order valence-corrected chi connectivity index (χ3v) is 4.90. The van der Waals surface area contributed by atoms with Gasteiger partial charge in [0.15, 0.2) is 0 Å². The van der Waals surface area contributed by atoms with E-state index in [-0.39, 0.29) is 0 Å². The molecule has 0 N–H and O–H groups in total. The summed E-state index contributed by atoms with van der Waals surface area (Å²) in [4.78, 5) is 2.60. The van der Waals surface area contributed by atoms with Crippen molar-refractivity contribution in [1.82, 2.24) is 15.1 Å². The summed E-state index contributed by atoms with van der Waals surface area (Å²) in [5.74, 6) is 1.87. The first kappa shape index (κ1) is 13.0. The summed E-state index contributed by atoms with van der Waals surface area (Å²) in [6.07, 6.45) is 5.27. The summed E-state index contributed by atoms with van der Waals surface area (Å²) in [5.41, 5.74) is 2.25. The highest BCUT2D eigenvalue weighted by Gasteiger charge is 2.34. The molecule has 1 saturated heterocycles. The number of rotatable bonds is 3. The fraction of sp³-hybridized carbons (Fsp3) is 0.529. The molecular formula is C17H21N3O. The van der Waals surface area contributed by atoms with Crippen LogP contribution in [0.25, 0.3) is 11.5 Å². The highest BCUT2D eigenvalue weighted by atomic mass is 16.4. The van der Waals surface area contributed by atoms with E-state index in [0.717, 1.165) is 30.5 Å². The van der Waals surface area contributed by atoms with Crippen LogP contribution in [0.5, 0.6) is 0 Å². The Kier molecular flexibility index (Phi) is 3.26. The molecule has 1 aromatic heterocycles. The van der Waals surface area contributed by atoms with Gasteiger partial charge in [-0.1, -0.05) is 24.1 Å². The number of hydrogen-bond donors (Lipinski definition) is 0. The number of aryl methyl sites for hydroxylation is 1. The quantitative estimate of drug-likeness (QED) is 0.866. The van der Waals surface area contributed by atoms with E-state index in [2.05, 4.69) is 34.2 Å². The van der Waals surface area contributed by atoms with Crippen LogP contribution in [0.4, 0.5) is 0 Å². The molecule has 2 aliphatic rings. The number of aromatic nitrogens is 2. The summed E-state index contributed by atoms with van der Waals surface area (Å²) in [6, 6.07) is 9.05. The maximum atomic E-state index is 5.92. The molecule has 1 aromatic carbocycles. The van der Waals surface area contributed by atoms with E-state index in [1.54, 1.807) is 0 Å². The lowest BCUT2D eigenvalue weighted by molar-refractivity contribution is 0.156. The molecule has 1 saturated carbocycles. The summed E-state index contributed by atoms with van der Waals surface area (Å²) < 4.78 is 5.92. The van der Waals surface area contributed by atoms with Crippen molar-refractivity contribution >= 4 is 0 Å². The van der Waals surface area contributed by atoms with Gasteiger partial charge >= 0.3 is 0 Å². The summed E-state index contributed by atoms with van der Waals surface area (Å²) in [5, 5.41) is 8.52. The minimum atomic E-state index is 0.414. The van der Waals surface area contributed by atoms with Gasteiger partial charge in [0.1, 0.15) is 0 Å². The van der Waals surface area contributed by atoms with E-state index in [9.17, 15) is 0 Å². The normalized spacial score (nSPS) is 23.4. The molecule has 1 aliphatic heterocycles. The van der Waals surface area contributed by atoms with E-state index < -0.39 is 0 Å². The van der Waals surface area contributed by atoms with Gasteiger partial charge in [-0.25, -0.2) is 0 Å². The van der Waals surface area contributed by atoms with E-state index in [1.807, 2.05) is 12.1 Å². The summed E-state index contributed by atoms with van der Waals surface area (Å²) >= 11 is 0. The van der Waals surface area contributed by atoms with E-state index in [1.165, 1.54) is 31.4 Å². The Bertz CT molecular complexity index is 615. The van der Waals surface area contributed by atoms with Crippen molar-refractivity contribution in [3.05, 3.63) is 35.7 Å². The molecule has 2 aromatic rings. The third kappa shape index (κ3) is 2.48. The number of nitrogens with zero attached hydrogens (tertiary/aromatic N) is 3. The highest BCUT2D eigenvalue weighted by molar-refractivity contribution is 5.52. The second-order valence-corrected chi connectivity index (χ2v) is 6.38. The molecule has 0 radical (unpaired) electrons. The van der Waals surface area contributed by atoms with Crippen LogP contribution in [0.3, 0.4) is 0 Å². The minimum absolute atomic E-state index is 0.414. The van der Waals surface area contributed by atoms with E-state index in [0.29, 0.717) is 11.8 Å². The molecule has 1 unspecified atom stereocenters. The van der Waals surface area contributed by atoms with Gasteiger partial charge < -0.3 is 4.42 Å². The van der Waals surface area contributed by atoms with Gasteiger partial charge in [0.25, 0.3) is 0 Å². The lowest BCUT2D eigenvalue weighted by Crippen LogP contribution is -2.38. The molecule has 2 heterocycles. The first-order valence-corrected chi connectivity index (χ1v) is 7.94. The minimum Gasteiger partial charge on any atom is -0.420 e. The number of likely N-dealkylation sites (tertiary alicyclic amines) is 1. The van der Waals surface area contributed by atoms with Gasteiger partial charge in [-0.05, 0) is 44.9 Å². The van der Waals surface area contributed by atoms with Crippen molar-refractivity contribution in [2.24, 2.45) is 0 Å². The number of hydrogen-bond acceptors (Lipinski definition) is 4. The maximum Gasteiger partial charge on any atom is 0.247 e. The first-order valence-electron chi connectivity index (χ1n) is 7.94. The Labute approximate surface area is 125 Å². The monoisotopic (exact) mass is 283 g/mol. The Balaban J connectivity index is 1.48. The van der Waals surface area contributed by atoms with Crippen molar-refractivity contribution in [3.8, 4) is 11.5 Å². The standard InChI is InChI=1S/C17H21N3O/c1-12-5-7-13(8-6-12)16-18-19-17(21-16)14-9-10-20(11-14)15-3-2-4-15/h5-8,14-15H,2-4,9-11H2,1H3. The van der Waals surface area contributed by atoms with E-state index >= 15 is 0 Å². The van der Waals surface area contributed by atoms with Crippen LogP contribution in [-0.4, -0.2) is 34.2 Å². The topological polar surface area (TPSA) is 42.2 Å². The van der Waals surface area contributed by atoms with Crippen LogP contribution in [0.1, 0.15) is 43.1 Å². The zero-order valence-corrected chi connectivity index (χ0v) is 12.5. The molecule has 0 amide bonds. The van der Waals surface area contributed by atoms with Crippen LogP contribution in [0.15, 0.2) is 28.7 Å². The molecule has 0 bridgehead atoms. The molecule has 1 atom stereocenters. The maximum absolute atomic E-state index is 5.92. The molecule has 2 fully saturated rings. The first-order chi connectivity index (χ1) is 10.3. The summed E-state index contributed by atoms with van der Waals surface area (Å²) in [7, 11) is 0. The third-order valence-electron chi connectivity index (χ3n) is 4.90. The van der Waals surface area contributed by atoms with Gasteiger partial charge in [0.05, 0.1) is 5.92 Å². The van der Waals surface area contributed by atoms with Crippen molar-refractivity contribution < 1.29 is 4.42 Å². The fourth-order valence-electron chi connectivity index (χ4n) is 3.28. The zero-order chi connectivity index (χ0) is 14.2. The Morgan fingerprint density at radius 1 is 1.10 bits per heavy atom. The highest BCUT2D eigenvalue weighted by Crippen LogP contribution is 2.34. The van der Waals surface area contributed by atoms with Crippen molar-refractivity contribution in [3.63, 3.8) is 0 Å². The predicted molar refractivity (Wildman–Crippen MR) is 81.0 cm³/mol. The SMILES string of the molecule is Cc1ccc(-c2nnc(C3CCN(C4CCC4)C3)o2)cc1. The lowest BCUT2D eigenvalue weighted by Gasteiger charge is -2.34. The fourth-order valence-corrected chi connectivity index (χ4v) is 3.28. The van der Waals surface area contributed by atoms with Crippen LogP contribution in [-0.2, 0) is 0 Å². The lowest BCUT2D eigenvalue weighted by atomic mass is 9.92. The van der Waals surface area contributed by atoms with Gasteiger partial charge in [-0.3, -0.25) is 4.90 Å². The Morgan fingerprint density at radius 2 is 1.90 bits per heavy atom. The van der Waals surface area contributed by atoms with Gasteiger partial charge in [0, 0.05) is 18.2 Å².